The van der Waals surface area contributed by atoms with Crippen molar-refractivity contribution in [1.29, 1.82) is 0 Å². The largest absolute Gasteiger partial charge is 0.496 e. The summed E-state index contributed by atoms with van der Waals surface area (Å²) in [5.74, 6) is -0.463. The van der Waals surface area contributed by atoms with E-state index in [2.05, 4.69) is 5.10 Å². The van der Waals surface area contributed by atoms with E-state index in [9.17, 15) is 4.79 Å². The standard InChI is InChI=1S/C13H14N2O4/c1-19-12-5-3-2-4-9(12)10-8-11(13(17)18)15(14-10)6-7-16/h2-5,8,16H,6-7H2,1H3,(H,17,18). The third-order valence-electron chi connectivity index (χ3n) is 2.69. The summed E-state index contributed by atoms with van der Waals surface area (Å²) in [6, 6.07) is 8.70. The first kappa shape index (κ1) is 13.1. The van der Waals surface area contributed by atoms with Crippen LogP contribution in [-0.4, -0.2) is 39.7 Å². The van der Waals surface area contributed by atoms with E-state index in [1.165, 1.54) is 10.7 Å². The zero-order chi connectivity index (χ0) is 13.8. The molecule has 2 aromatic rings. The predicted molar refractivity (Wildman–Crippen MR) is 68.3 cm³/mol. The summed E-state index contributed by atoms with van der Waals surface area (Å²) in [6.45, 7) is -0.0376. The monoisotopic (exact) mass is 262 g/mol. The fraction of sp³-hybridized carbons (Fsp3) is 0.231. The molecule has 2 rings (SSSR count). The maximum atomic E-state index is 11.1. The number of hydrogen-bond donors (Lipinski definition) is 2. The number of carboxylic acid groups (broad SMARTS) is 1. The smallest absolute Gasteiger partial charge is 0.354 e. The number of aromatic nitrogens is 2. The topological polar surface area (TPSA) is 84.6 Å². The zero-order valence-corrected chi connectivity index (χ0v) is 10.4. The van der Waals surface area contributed by atoms with Crippen LogP contribution in [0, 0.1) is 0 Å². The van der Waals surface area contributed by atoms with Crippen LogP contribution in [0.5, 0.6) is 5.75 Å². The Bertz CT molecular complexity index is 592. The molecule has 19 heavy (non-hydrogen) atoms. The number of rotatable bonds is 5. The summed E-state index contributed by atoms with van der Waals surface area (Å²) in [6.07, 6.45) is 0. The molecule has 0 spiro atoms. The van der Waals surface area contributed by atoms with Crippen molar-refractivity contribution in [3.8, 4) is 17.0 Å². The highest BCUT2D eigenvalue weighted by Crippen LogP contribution is 2.29. The Morgan fingerprint density at radius 2 is 2.16 bits per heavy atom. The second-order valence-electron chi connectivity index (χ2n) is 3.87. The van der Waals surface area contributed by atoms with Gasteiger partial charge >= 0.3 is 5.97 Å². The number of methoxy groups -OCH3 is 1. The van der Waals surface area contributed by atoms with Gasteiger partial charge in [-0.15, -0.1) is 0 Å². The molecular formula is C13H14N2O4. The van der Waals surface area contributed by atoms with Gasteiger partial charge in [0.05, 0.1) is 26.0 Å². The van der Waals surface area contributed by atoms with Crippen LogP contribution in [0.15, 0.2) is 30.3 Å². The Labute approximate surface area is 109 Å². The Morgan fingerprint density at radius 3 is 2.79 bits per heavy atom. The van der Waals surface area contributed by atoms with Crippen LogP contribution in [0.3, 0.4) is 0 Å². The minimum absolute atomic E-state index is 0.0370. The van der Waals surface area contributed by atoms with Gasteiger partial charge in [0.15, 0.2) is 0 Å². The lowest BCUT2D eigenvalue weighted by atomic mass is 10.1. The van der Waals surface area contributed by atoms with Crippen LogP contribution >= 0.6 is 0 Å². The van der Waals surface area contributed by atoms with Gasteiger partial charge in [-0.1, -0.05) is 12.1 Å². The molecule has 0 radical (unpaired) electrons. The van der Waals surface area contributed by atoms with Gasteiger partial charge < -0.3 is 14.9 Å². The van der Waals surface area contributed by atoms with Crippen molar-refractivity contribution < 1.29 is 19.7 Å². The molecule has 0 saturated carbocycles. The van der Waals surface area contributed by atoms with Gasteiger partial charge in [-0.05, 0) is 18.2 Å². The first-order valence-corrected chi connectivity index (χ1v) is 5.72. The van der Waals surface area contributed by atoms with E-state index in [0.717, 1.165) is 0 Å². The molecule has 1 heterocycles. The SMILES string of the molecule is COc1ccccc1-c1cc(C(=O)O)n(CCO)n1. The summed E-state index contributed by atoms with van der Waals surface area (Å²) in [5.41, 5.74) is 1.25. The quantitative estimate of drug-likeness (QED) is 0.847. The molecule has 0 amide bonds. The minimum Gasteiger partial charge on any atom is -0.496 e. The van der Waals surface area contributed by atoms with Crippen LogP contribution in [0.25, 0.3) is 11.3 Å². The minimum atomic E-state index is -1.08. The molecule has 0 aliphatic heterocycles. The van der Waals surface area contributed by atoms with E-state index in [0.29, 0.717) is 17.0 Å². The van der Waals surface area contributed by atoms with Crippen LogP contribution in [0.1, 0.15) is 10.5 Å². The Morgan fingerprint density at radius 1 is 1.42 bits per heavy atom. The van der Waals surface area contributed by atoms with Gasteiger partial charge in [-0.2, -0.15) is 5.10 Å². The molecule has 0 aliphatic carbocycles. The van der Waals surface area contributed by atoms with Crippen molar-refractivity contribution in [3.05, 3.63) is 36.0 Å². The summed E-state index contributed by atoms with van der Waals surface area (Å²) in [4.78, 5) is 11.1. The Kier molecular flexibility index (Phi) is 3.82. The van der Waals surface area contributed by atoms with Crippen molar-refractivity contribution in [1.82, 2.24) is 9.78 Å². The van der Waals surface area contributed by atoms with Crippen LogP contribution in [-0.2, 0) is 6.54 Å². The molecule has 6 heteroatoms. The molecule has 0 aliphatic rings. The Balaban J connectivity index is 2.51. The van der Waals surface area contributed by atoms with Gasteiger partial charge in [-0.25, -0.2) is 4.79 Å². The number of nitrogens with zero attached hydrogens (tertiary/aromatic N) is 2. The van der Waals surface area contributed by atoms with Gasteiger partial charge in [0.2, 0.25) is 0 Å². The average Bonchev–Trinajstić information content (AvgIpc) is 2.83. The molecule has 100 valence electrons. The van der Waals surface area contributed by atoms with Crippen molar-refractivity contribution in [3.63, 3.8) is 0 Å². The summed E-state index contributed by atoms with van der Waals surface area (Å²) in [7, 11) is 1.54. The highest BCUT2D eigenvalue weighted by Gasteiger charge is 2.16. The maximum absolute atomic E-state index is 11.1. The fourth-order valence-electron chi connectivity index (χ4n) is 1.84. The third-order valence-corrected chi connectivity index (χ3v) is 2.69. The lowest BCUT2D eigenvalue weighted by molar-refractivity contribution is 0.0681. The van der Waals surface area contributed by atoms with Gasteiger partial charge in [0.1, 0.15) is 11.4 Å². The average molecular weight is 262 g/mol. The second kappa shape index (κ2) is 5.53. The van der Waals surface area contributed by atoms with Crippen LogP contribution < -0.4 is 4.74 Å². The van der Waals surface area contributed by atoms with E-state index >= 15 is 0 Å². The number of ether oxygens (including phenoxy) is 1. The molecule has 0 saturated heterocycles. The summed E-state index contributed by atoms with van der Waals surface area (Å²) >= 11 is 0. The molecule has 0 bridgehead atoms. The normalized spacial score (nSPS) is 10.4. The Hall–Kier alpha value is -2.34. The molecule has 1 aromatic carbocycles. The first-order valence-electron chi connectivity index (χ1n) is 5.72. The van der Waals surface area contributed by atoms with Crippen molar-refractivity contribution >= 4 is 5.97 Å². The van der Waals surface area contributed by atoms with Gasteiger partial charge in [-0.3, -0.25) is 4.68 Å². The number of carbonyl (C=O) groups is 1. The highest BCUT2D eigenvalue weighted by atomic mass is 16.5. The van der Waals surface area contributed by atoms with Crippen LogP contribution in [0.4, 0.5) is 0 Å². The molecule has 2 N–H and O–H groups in total. The molecule has 6 nitrogen and oxygen atoms in total. The molecule has 0 fully saturated rings. The first-order chi connectivity index (χ1) is 9.17. The van der Waals surface area contributed by atoms with Crippen molar-refractivity contribution in [2.45, 2.75) is 6.54 Å². The number of carboxylic acids is 1. The number of aliphatic hydroxyl groups excluding tert-OH is 1. The molecule has 1 aromatic heterocycles. The van der Waals surface area contributed by atoms with Gasteiger partial charge in [0.25, 0.3) is 0 Å². The second-order valence-corrected chi connectivity index (χ2v) is 3.87. The molecule has 0 atom stereocenters. The number of benzene rings is 1. The van der Waals surface area contributed by atoms with Crippen molar-refractivity contribution in [2.75, 3.05) is 13.7 Å². The molecular weight excluding hydrogens is 248 g/mol. The highest BCUT2D eigenvalue weighted by molar-refractivity contribution is 5.87. The fourth-order valence-corrected chi connectivity index (χ4v) is 1.84. The van der Waals surface area contributed by atoms with E-state index < -0.39 is 5.97 Å². The molecule has 0 unspecified atom stereocenters. The summed E-state index contributed by atoms with van der Waals surface area (Å²) in [5, 5.41) is 22.2. The van der Waals surface area contributed by atoms with E-state index in [4.69, 9.17) is 14.9 Å². The number of aromatic carboxylic acids is 1. The zero-order valence-electron chi connectivity index (χ0n) is 10.4. The van der Waals surface area contributed by atoms with E-state index in [1.54, 1.807) is 19.2 Å². The predicted octanol–water partition coefficient (Wildman–Crippen LogP) is 1.25. The van der Waals surface area contributed by atoms with E-state index in [-0.39, 0.29) is 18.8 Å². The van der Waals surface area contributed by atoms with Crippen LogP contribution in [0.2, 0.25) is 0 Å². The number of hydrogen-bond acceptors (Lipinski definition) is 4. The number of aliphatic hydroxyl groups is 1. The maximum Gasteiger partial charge on any atom is 0.354 e. The van der Waals surface area contributed by atoms with E-state index in [1.807, 2.05) is 12.1 Å². The number of para-hydroxylation sites is 1. The lowest BCUT2D eigenvalue weighted by Gasteiger charge is -2.05. The lowest BCUT2D eigenvalue weighted by Crippen LogP contribution is -2.12. The summed E-state index contributed by atoms with van der Waals surface area (Å²) < 4.78 is 6.49. The van der Waals surface area contributed by atoms with Gasteiger partial charge in [0, 0.05) is 5.56 Å². The third kappa shape index (κ3) is 2.58. The van der Waals surface area contributed by atoms with Crippen molar-refractivity contribution in [2.24, 2.45) is 0 Å².